The third kappa shape index (κ3) is 3.02. The van der Waals surface area contributed by atoms with Crippen molar-refractivity contribution in [1.29, 1.82) is 0 Å². The van der Waals surface area contributed by atoms with E-state index in [0.717, 1.165) is 5.82 Å². The van der Waals surface area contributed by atoms with Crippen LogP contribution in [0.5, 0.6) is 0 Å². The quantitative estimate of drug-likeness (QED) is 0.683. The summed E-state index contributed by atoms with van der Waals surface area (Å²) in [6.45, 7) is 3.59. The molecule has 0 amide bonds. The molecule has 0 aliphatic carbocycles. The molecule has 0 atom stereocenters. The Kier molecular flexibility index (Phi) is 4.29. The molecule has 3 aromatic rings. The zero-order chi connectivity index (χ0) is 18.3. The Balaban J connectivity index is 1.55. The lowest BCUT2D eigenvalue weighted by Crippen LogP contribution is -2.49. The number of aryl methyl sites for hydroxylation is 1. The average Bonchev–Trinajstić information content (AvgIpc) is 3.06. The van der Waals surface area contributed by atoms with Crippen molar-refractivity contribution in [2.45, 2.75) is 11.8 Å². The maximum atomic E-state index is 13.0. The van der Waals surface area contributed by atoms with Gasteiger partial charge in [-0.1, -0.05) is 11.6 Å². The van der Waals surface area contributed by atoms with E-state index < -0.39 is 10.0 Å². The second-order valence-electron chi connectivity index (χ2n) is 6.04. The van der Waals surface area contributed by atoms with Gasteiger partial charge in [-0.3, -0.25) is 0 Å². The highest BCUT2D eigenvalue weighted by molar-refractivity contribution is 7.89. The summed E-state index contributed by atoms with van der Waals surface area (Å²) in [7, 11) is -3.59. The van der Waals surface area contributed by atoms with E-state index in [2.05, 4.69) is 19.9 Å². The predicted octanol–water partition coefficient (Wildman–Crippen LogP) is 1.83. The van der Waals surface area contributed by atoms with Gasteiger partial charge in [-0.15, -0.1) is 0 Å². The first kappa shape index (κ1) is 17.2. The largest absolute Gasteiger partial charge is 0.354 e. The number of anilines is 1. The number of pyridine rings is 1. The molecule has 0 aromatic carbocycles. The zero-order valence-corrected chi connectivity index (χ0v) is 15.6. The first-order valence-electron chi connectivity index (χ1n) is 8.13. The molecular weight excluding hydrogens is 376 g/mol. The molecule has 4 heterocycles. The van der Waals surface area contributed by atoms with Crippen molar-refractivity contribution in [3.8, 4) is 0 Å². The standard InChI is InChI=1S/C16H17ClN6O2S/c1-11-20-14(17)9-15(21-11)22-5-7-23(8-6-22)26(24,25)13-10-19-16-12(13)3-2-4-18-16/h2-4,9-10H,5-8H2,1H3,(H,18,19). The molecule has 10 heteroatoms. The molecule has 1 saturated heterocycles. The summed E-state index contributed by atoms with van der Waals surface area (Å²) in [4.78, 5) is 17.8. The Morgan fingerprint density at radius 1 is 1.19 bits per heavy atom. The highest BCUT2D eigenvalue weighted by Gasteiger charge is 2.31. The van der Waals surface area contributed by atoms with Gasteiger partial charge in [-0.05, 0) is 19.1 Å². The summed E-state index contributed by atoms with van der Waals surface area (Å²) in [5.74, 6) is 1.31. The number of aromatic amines is 1. The topological polar surface area (TPSA) is 95.1 Å². The van der Waals surface area contributed by atoms with E-state index in [1.807, 2.05) is 4.90 Å². The SMILES string of the molecule is Cc1nc(Cl)cc(N2CCN(S(=O)(=O)c3c[nH]c4ncccc34)CC2)n1. The number of rotatable bonds is 3. The Labute approximate surface area is 155 Å². The van der Waals surface area contributed by atoms with Crippen LogP contribution in [0.4, 0.5) is 5.82 Å². The number of nitrogens with one attached hydrogen (secondary N) is 1. The molecule has 136 valence electrons. The van der Waals surface area contributed by atoms with E-state index in [0.29, 0.717) is 48.2 Å². The minimum Gasteiger partial charge on any atom is -0.354 e. The summed E-state index contributed by atoms with van der Waals surface area (Å²) in [5.41, 5.74) is 0.566. The maximum absolute atomic E-state index is 13.0. The zero-order valence-electron chi connectivity index (χ0n) is 14.1. The summed E-state index contributed by atoms with van der Waals surface area (Å²) in [6, 6.07) is 5.19. The Hall–Kier alpha value is -2.23. The van der Waals surface area contributed by atoms with Gasteiger partial charge in [0.1, 0.15) is 27.3 Å². The molecule has 1 N–H and O–H groups in total. The summed E-state index contributed by atoms with van der Waals surface area (Å²) in [6.07, 6.45) is 3.13. The molecule has 1 aliphatic heterocycles. The van der Waals surface area contributed by atoms with Crippen molar-refractivity contribution < 1.29 is 8.42 Å². The number of sulfonamides is 1. The van der Waals surface area contributed by atoms with Gasteiger partial charge in [0.2, 0.25) is 10.0 Å². The molecule has 8 nitrogen and oxygen atoms in total. The first-order chi connectivity index (χ1) is 12.4. The fourth-order valence-electron chi connectivity index (χ4n) is 3.12. The number of nitrogens with zero attached hydrogens (tertiary/aromatic N) is 5. The van der Waals surface area contributed by atoms with Gasteiger partial charge in [-0.2, -0.15) is 4.31 Å². The van der Waals surface area contributed by atoms with Gasteiger partial charge in [0.05, 0.1) is 0 Å². The van der Waals surface area contributed by atoms with Crippen LogP contribution in [0.15, 0.2) is 35.5 Å². The van der Waals surface area contributed by atoms with Crippen LogP contribution in [-0.4, -0.2) is 58.8 Å². The number of halogens is 1. The number of fused-ring (bicyclic) bond motifs is 1. The van der Waals surface area contributed by atoms with Crippen LogP contribution in [0.2, 0.25) is 5.15 Å². The van der Waals surface area contributed by atoms with Crippen LogP contribution in [-0.2, 0) is 10.0 Å². The van der Waals surface area contributed by atoms with E-state index in [1.54, 1.807) is 31.3 Å². The van der Waals surface area contributed by atoms with Crippen LogP contribution in [0.3, 0.4) is 0 Å². The first-order valence-corrected chi connectivity index (χ1v) is 9.95. The molecule has 3 aromatic heterocycles. The number of hydrogen-bond donors (Lipinski definition) is 1. The van der Waals surface area contributed by atoms with Gasteiger partial charge < -0.3 is 9.88 Å². The summed E-state index contributed by atoms with van der Waals surface area (Å²) >= 11 is 6.00. The van der Waals surface area contributed by atoms with Crippen molar-refractivity contribution in [2.24, 2.45) is 0 Å². The second kappa shape index (κ2) is 6.49. The van der Waals surface area contributed by atoms with Gasteiger partial charge in [0.25, 0.3) is 0 Å². The van der Waals surface area contributed by atoms with Crippen LogP contribution in [0, 0.1) is 6.92 Å². The average molecular weight is 393 g/mol. The molecule has 0 radical (unpaired) electrons. The van der Waals surface area contributed by atoms with E-state index in [1.165, 1.54) is 10.5 Å². The molecule has 1 fully saturated rings. The number of piperazine rings is 1. The van der Waals surface area contributed by atoms with E-state index in [-0.39, 0.29) is 4.90 Å². The minimum absolute atomic E-state index is 0.259. The van der Waals surface area contributed by atoms with Crippen LogP contribution >= 0.6 is 11.6 Å². The lowest BCUT2D eigenvalue weighted by atomic mass is 10.3. The maximum Gasteiger partial charge on any atom is 0.245 e. The molecule has 0 bridgehead atoms. The third-order valence-corrected chi connectivity index (χ3v) is 6.52. The van der Waals surface area contributed by atoms with Crippen molar-refractivity contribution in [3.05, 3.63) is 41.6 Å². The van der Waals surface area contributed by atoms with E-state index >= 15 is 0 Å². The molecule has 1 aliphatic rings. The molecule has 26 heavy (non-hydrogen) atoms. The minimum atomic E-state index is -3.59. The van der Waals surface area contributed by atoms with Gasteiger partial charge in [0.15, 0.2) is 0 Å². The summed E-state index contributed by atoms with van der Waals surface area (Å²) in [5, 5.41) is 0.988. The van der Waals surface area contributed by atoms with Crippen molar-refractivity contribution >= 4 is 38.5 Å². The lowest BCUT2D eigenvalue weighted by Gasteiger charge is -2.34. The predicted molar refractivity (Wildman–Crippen MR) is 98.8 cm³/mol. The van der Waals surface area contributed by atoms with E-state index in [4.69, 9.17) is 11.6 Å². The number of H-pyrrole nitrogens is 1. The summed E-state index contributed by atoms with van der Waals surface area (Å²) < 4.78 is 27.5. The number of aromatic nitrogens is 4. The normalized spacial score (nSPS) is 16.3. The van der Waals surface area contributed by atoms with Crippen LogP contribution in [0.25, 0.3) is 11.0 Å². The smallest absolute Gasteiger partial charge is 0.245 e. The molecule has 0 spiro atoms. The fourth-order valence-corrected chi connectivity index (χ4v) is 4.91. The second-order valence-corrected chi connectivity index (χ2v) is 8.33. The lowest BCUT2D eigenvalue weighted by molar-refractivity contribution is 0.384. The number of hydrogen-bond acceptors (Lipinski definition) is 6. The Morgan fingerprint density at radius 3 is 2.69 bits per heavy atom. The Morgan fingerprint density at radius 2 is 1.96 bits per heavy atom. The molecular formula is C16H17ClN6O2S. The third-order valence-electron chi connectivity index (χ3n) is 4.39. The van der Waals surface area contributed by atoms with Gasteiger partial charge in [-0.25, -0.2) is 23.4 Å². The van der Waals surface area contributed by atoms with Crippen LogP contribution in [0.1, 0.15) is 5.82 Å². The van der Waals surface area contributed by atoms with Crippen LogP contribution < -0.4 is 4.90 Å². The van der Waals surface area contributed by atoms with Gasteiger partial charge >= 0.3 is 0 Å². The fraction of sp³-hybridized carbons (Fsp3) is 0.312. The molecule has 0 unspecified atom stereocenters. The highest BCUT2D eigenvalue weighted by Crippen LogP contribution is 2.26. The monoisotopic (exact) mass is 392 g/mol. The van der Waals surface area contributed by atoms with Gasteiger partial charge in [0, 0.05) is 50.0 Å². The van der Waals surface area contributed by atoms with E-state index in [9.17, 15) is 8.42 Å². The highest BCUT2D eigenvalue weighted by atomic mass is 35.5. The molecule has 4 rings (SSSR count). The van der Waals surface area contributed by atoms with Crippen molar-refractivity contribution in [1.82, 2.24) is 24.2 Å². The Bertz CT molecular complexity index is 1040. The van der Waals surface area contributed by atoms with Crippen molar-refractivity contribution in [2.75, 3.05) is 31.1 Å². The van der Waals surface area contributed by atoms with Crippen molar-refractivity contribution in [3.63, 3.8) is 0 Å². The molecule has 0 saturated carbocycles.